The maximum absolute atomic E-state index is 13.5. The molecule has 3 amide bonds. The van der Waals surface area contributed by atoms with Crippen LogP contribution in [0.5, 0.6) is 5.75 Å². The van der Waals surface area contributed by atoms with E-state index in [1.54, 1.807) is 22.3 Å². The molecule has 0 radical (unpaired) electrons. The number of nitrogens with two attached hydrogens (primary N) is 1. The summed E-state index contributed by atoms with van der Waals surface area (Å²) in [6.07, 6.45) is -1.48. The molecule has 1 unspecified atom stereocenters. The van der Waals surface area contributed by atoms with Crippen LogP contribution < -0.4 is 21.1 Å². The van der Waals surface area contributed by atoms with Gasteiger partial charge >= 0.3 is 0 Å². The van der Waals surface area contributed by atoms with Crippen LogP contribution >= 0.6 is 11.3 Å². The van der Waals surface area contributed by atoms with Crippen LogP contribution in [-0.4, -0.2) is 98.3 Å². The molecule has 0 aliphatic carbocycles. The number of thiazole rings is 1. The van der Waals surface area contributed by atoms with Gasteiger partial charge in [-0.05, 0) is 85.2 Å². The summed E-state index contributed by atoms with van der Waals surface area (Å²) in [5, 5.41) is 34.0. The summed E-state index contributed by atoms with van der Waals surface area (Å²) in [6.45, 7) is 12.5. The number of nitrogens with zero attached hydrogens (tertiary/aromatic N) is 4. The van der Waals surface area contributed by atoms with Gasteiger partial charge in [-0.15, -0.1) is 11.3 Å². The lowest BCUT2D eigenvalue weighted by atomic mass is 9.85. The first-order chi connectivity index (χ1) is 32.6. The highest BCUT2D eigenvalue weighted by atomic mass is 32.1. The van der Waals surface area contributed by atoms with Gasteiger partial charge in [-0.3, -0.25) is 19.3 Å². The van der Waals surface area contributed by atoms with Gasteiger partial charge in [0.15, 0.2) is 0 Å². The Morgan fingerprint density at radius 1 is 0.941 bits per heavy atom. The first-order valence-corrected chi connectivity index (χ1v) is 23.7. The first-order valence-electron chi connectivity index (χ1n) is 22.8. The number of aliphatic hydroxyl groups is 2. The molecule has 7 aromatic rings. The monoisotopic (exact) mass is 941 g/mol. The molecule has 8 rings (SSSR count). The molecule has 16 heteroatoms. The summed E-state index contributed by atoms with van der Waals surface area (Å²) in [7, 11) is 0. The van der Waals surface area contributed by atoms with Crippen LogP contribution in [0.15, 0.2) is 95.0 Å². The fourth-order valence-electron chi connectivity index (χ4n) is 9.17. The zero-order chi connectivity index (χ0) is 48.3. The minimum Gasteiger partial charge on any atom is -0.493 e. The smallest absolute Gasteiger partial charge is 0.249 e. The number of carbonyl (C=O) groups excluding carboxylic acids is 3. The van der Waals surface area contributed by atoms with Gasteiger partial charge in [-0.25, -0.2) is 4.98 Å². The summed E-state index contributed by atoms with van der Waals surface area (Å²) in [5.41, 5.74) is 15.7. The quantitative estimate of drug-likeness (QED) is 0.0552. The number of aromatic nitrogens is 3. The zero-order valence-electron chi connectivity index (χ0n) is 39.2. The van der Waals surface area contributed by atoms with Crippen molar-refractivity contribution in [3.8, 4) is 27.3 Å². The van der Waals surface area contributed by atoms with Crippen molar-refractivity contribution in [3.63, 3.8) is 0 Å². The Morgan fingerprint density at radius 2 is 1.71 bits per heavy atom. The summed E-state index contributed by atoms with van der Waals surface area (Å²) >= 11 is 1.58. The largest absolute Gasteiger partial charge is 0.493 e. The van der Waals surface area contributed by atoms with Crippen LogP contribution in [0.2, 0.25) is 0 Å². The van der Waals surface area contributed by atoms with Gasteiger partial charge in [-0.1, -0.05) is 80.5 Å². The van der Waals surface area contributed by atoms with Gasteiger partial charge in [0.25, 0.3) is 0 Å². The molecule has 6 N–H and O–H groups in total. The molecule has 0 spiro atoms. The van der Waals surface area contributed by atoms with E-state index in [-0.39, 0.29) is 45.2 Å². The molecule has 3 aromatic heterocycles. The van der Waals surface area contributed by atoms with Gasteiger partial charge in [-0.2, -0.15) is 0 Å². The van der Waals surface area contributed by atoms with Crippen molar-refractivity contribution < 1.29 is 38.6 Å². The standard InChI is InChI=1S/C52H59N7O8S/c1-30-45(32(3)67-57-30)36-21-40(49(53)62)46-39-24-38(17-18-41(39)58(42(46)22-36)26-34-11-8-7-9-12-34)66-20-10-19-65-28-44(61)56-48(52(4,5)6)51(64)59-27-37(60)23-43(59)50(63)54-25-33-13-15-35(16-14-33)47-31(2)55-29-68-47/h7-9,11-18,21-22,24,29,37,43,48,51,60,64H,10,19-20,23,25-28H2,1-6H3,(H2,53,62)(H,54,63)(H,56,61)/t37-,43+,48-,51?/m1/s1. The fourth-order valence-corrected chi connectivity index (χ4v) is 9.98. The van der Waals surface area contributed by atoms with Gasteiger partial charge in [0, 0.05) is 53.5 Å². The molecule has 1 fully saturated rings. The van der Waals surface area contributed by atoms with Gasteiger partial charge < -0.3 is 45.1 Å². The third-order valence-corrected chi connectivity index (χ3v) is 13.6. The predicted molar refractivity (Wildman–Crippen MR) is 262 cm³/mol. The molecule has 4 aromatic carbocycles. The lowest BCUT2D eigenvalue weighted by molar-refractivity contribution is -0.136. The number of nitrogens with one attached hydrogen (secondary N) is 2. The van der Waals surface area contributed by atoms with Crippen molar-refractivity contribution in [2.75, 3.05) is 26.4 Å². The average molecular weight is 942 g/mol. The molecule has 1 aliphatic heterocycles. The van der Waals surface area contributed by atoms with Crippen LogP contribution in [0.25, 0.3) is 43.4 Å². The number of hydrogen-bond donors (Lipinski definition) is 5. The SMILES string of the molecule is Cc1ncsc1-c1ccc(CNC(=O)[C@@H]2C[C@@H](O)CN2C(O)[C@@H](NC(=O)COCCCOc2ccc3c(c2)c2c(C(N)=O)cc(-c4c(C)noc4C)cc2n3Cc2ccccc2)C(C)(C)C)cc1. The summed E-state index contributed by atoms with van der Waals surface area (Å²) in [5.74, 6) is -0.0687. The van der Waals surface area contributed by atoms with Crippen LogP contribution in [0.3, 0.4) is 0 Å². The number of aryl methyl sites for hydroxylation is 3. The second kappa shape index (κ2) is 20.4. The molecular weight excluding hydrogens is 883 g/mol. The molecule has 1 saturated heterocycles. The number of fused-ring (bicyclic) bond motifs is 3. The van der Waals surface area contributed by atoms with E-state index < -0.39 is 41.6 Å². The average Bonchev–Trinajstić information content (AvgIpc) is 4.09. The summed E-state index contributed by atoms with van der Waals surface area (Å²) < 4.78 is 19.6. The molecule has 356 valence electrons. The zero-order valence-corrected chi connectivity index (χ0v) is 40.1. The van der Waals surface area contributed by atoms with Crippen LogP contribution in [0, 0.1) is 26.2 Å². The number of likely N-dealkylation sites (tertiary alicyclic amines) is 1. The fraction of sp³-hybridized carbons (Fsp3) is 0.365. The van der Waals surface area contributed by atoms with E-state index in [1.807, 2.05) is 108 Å². The highest BCUT2D eigenvalue weighted by molar-refractivity contribution is 7.13. The Balaban J connectivity index is 0.876. The second-order valence-electron chi connectivity index (χ2n) is 18.6. The van der Waals surface area contributed by atoms with E-state index in [4.69, 9.17) is 19.7 Å². The second-order valence-corrected chi connectivity index (χ2v) is 19.4. The number of ether oxygens (including phenoxy) is 2. The Labute approximate surface area is 399 Å². The normalized spacial score (nSPS) is 16.3. The number of rotatable bonds is 18. The van der Waals surface area contributed by atoms with Crippen LogP contribution in [0.4, 0.5) is 0 Å². The number of hydrogen-bond acceptors (Lipinski definition) is 12. The minimum absolute atomic E-state index is 0.0699. The Kier molecular flexibility index (Phi) is 14.4. The maximum Gasteiger partial charge on any atom is 0.249 e. The Hall–Kier alpha value is -6.43. The van der Waals surface area contributed by atoms with Crippen LogP contribution in [0.1, 0.15) is 72.2 Å². The summed E-state index contributed by atoms with van der Waals surface area (Å²) in [4.78, 5) is 47.0. The molecule has 4 atom stereocenters. The topological polar surface area (TPSA) is 207 Å². The van der Waals surface area contributed by atoms with Crippen molar-refractivity contribution >= 4 is 50.9 Å². The van der Waals surface area contributed by atoms with E-state index in [9.17, 15) is 24.6 Å². The Morgan fingerprint density at radius 3 is 2.38 bits per heavy atom. The van der Waals surface area contributed by atoms with Crippen molar-refractivity contribution in [1.29, 1.82) is 0 Å². The Bertz CT molecular complexity index is 2900. The van der Waals surface area contributed by atoms with E-state index in [2.05, 4.69) is 43.5 Å². The van der Waals surface area contributed by atoms with E-state index in [0.29, 0.717) is 35.7 Å². The molecule has 0 saturated carbocycles. The highest BCUT2D eigenvalue weighted by Crippen LogP contribution is 2.39. The molecule has 68 heavy (non-hydrogen) atoms. The first kappa shape index (κ1) is 48.0. The van der Waals surface area contributed by atoms with Crippen molar-refractivity contribution in [2.45, 2.75) is 91.9 Å². The third kappa shape index (κ3) is 10.5. The lowest BCUT2D eigenvalue weighted by Crippen LogP contribution is -2.60. The maximum atomic E-state index is 13.5. The number of primary amides is 1. The predicted octanol–water partition coefficient (Wildman–Crippen LogP) is 7.03. The van der Waals surface area contributed by atoms with Gasteiger partial charge in [0.1, 0.15) is 24.3 Å². The number of carbonyl (C=O) groups is 3. The van der Waals surface area contributed by atoms with Crippen molar-refractivity contribution in [1.82, 2.24) is 30.2 Å². The van der Waals surface area contributed by atoms with Crippen molar-refractivity contribution in [2.24, 2.45) is 11.1 Å². The molecule has 0 bridgehead atoms. The van der Waals surface area contributed by atoms with Crippen molar-refractivity contribution in [3.05, 3.63) is 124 Å². The van der Waals surface area contributed by atoms with E-state index >= 15 is 0 Å². The number of amides is 3. The minimum atomic E-state index is -1.27. The van der Waals surface area contributed by atoms with Crippen LogP contribution in [-0.2, 0) is 27.4 Å². The van der Waals surface area contributed by atoms with Gasteiger partial charge in [0.2, 0.25) is 17.7 Å². The molecule has 4 heterocycles. The highest BCUT2D eigenvalue weighted by Gasteiger charge is 2.45. The number of β-amino-alcohol motifs (C(OH)–C–C–N with tert-alkyl or cyclic N) is 1. The van der Waals surface area contributed by atoms with E-state index in [0.717, 1.165) is 60.2 Å². The number of aliphatic hydroxyl groups excluding tert-OH is 2. The third-order valence-electron chi connectivity index (χ3n) is 12.6. The number of benzene rings is 4. The lowest BCUT2D eigenvalue weighted by Gasteiger charge is -2.40. The van der Waals surface area contributed by atoms with E-state index in [1.165, 1.54) is 0 Å². The van der Waals surface area contributed by atoms with Gasteiger partial charge in [0.05, 0.1) is 58.7 Å². The molecule has 1 aliphatic rings. The summed E-state index contributed by atoms with van der Waals surface area (Å²) in [6, 6.07) is 26.1. The molecular formula is C52H59N7O8S. The molecule has 15 nitrogen and oxygen atoms in total.